The Morgan fingerprint density at radius 3 is 2.18 bits per heavy atom. The van der Waals surface area contributed by atoms with Crippen LogP contribution in [-0.4, -0.2) is 21.3 Å². The molecule has 0 amide bonds. The molecule has 8 heteroatoms. The van der Waals surface area contributed by atoms with E-state index in [9.17, 15) is 14.4 Å². The Morgan fingerprint density at radius 2 is 1.62 bits per heavy atom. The van der Waals surface area contributed by atoms with Crippen LogP contribution in [-0.2, 0) is 10.7 Å². The highest BCUT2D eigenvalue weighted by molar-refractivity contribution is 7.50. The van der Waals surface area contributed by atoms with Crippen LogP contribution in [0.1, 0.15) is 27.8 Å². The number of aromatic nitrogens is 1. The summed E-state index contributed by atoms with van der Waals surface area (Å²) in [6.07, 6.45) is 9.73. The number of benzene rings is 2. The number of pyridine rings is 1. The minimum Gasteiger partial charge on any atom is -1.00 e. The fourth-order valence-corrected chi connectivity index (χ4v) is 5.57. The zero-order valence-corrected chi connectivity index (χ0v) is 21.8. The molecule has 1 aromatic heterocycles. The van der Waals surface area contributed by atoms with Crippen molar-refractivity contribution in [2.75, 3.05) is 6.54 Å². The first-order chi connectivity index (χ1) is 15.2. The molecule has 0 saturated carbocycles. The van der Waals surface area contributed by atoms with Gasteiger partial charge in [-0.05, 0) is 56.2 Å². The molecule has 180 valence electrons. The molecule has 0 fully saturated rings. The third-order valence-corrected chi connectivity index (χ3v) is 6.71. The second kappa shape index (κ2) is 11.0. The number of aryl methyl sites for hydroxylation is 3. The van der Waals surface area contributed by atoms with Crippen LogP contribution in [0.2, 0.25) is 0 Å². The van der Waals surface area contributed by atoms with Crippen molar-refractivity contribution in [2.24, 2.45) is 0 Å². The Hall–Kier alpha value is -2.24. The number of hydrogen-bond acceptors (Lipinski definition) is 2. The zero-order valence-electron chi connectivity index (χ0n) is 19.4. The summed E-state index contributed by atoms with van der Waals surface area (Å²) in [5.41, 5.74) is 8.37. The third kappa shape index (κ3) is 5.69. The van der Waals surface area contributed by atoms with Crippen molar-refractivity contribution in [3.8, 4) is 0 Å². The van der Waals surface area contributed by atoms with E-state index in [1.807, 2.05) is 36.4 Å². The molecule has 0 spiro atoms. The Morgan fingerprint density at radius 1 is 1.00 bits per heavy atom. The van der Waals surface area contributed by atoms with Gasteiger partial charge in [0.05, 0.1) is 6.16 Å². The van der Waals surface area contributed by atoms with Crippen LogP contribution in [0.4, 0.5) is 11.4 Å². The van der Waals surface area contributed by atoms with Gasteiger partial charge in [0, 0.05) is 35.2 Å². The Kier molecular flexibility index (Phi) is 9.06. The normalized spacial score (nSPS) is 17.4. The molecule has 0 radical (unpaired) electrons. The summed E-state index contributed by atoms with van der Waals surface area (Å²) in [5.74, 6) is 0. The number of quaternary nitrogens is 1. The number of hydrogen-bond donors (Lipinski definition) is 2. The molecule has 1 unspecified atom stereocenters. The molecule has 0 saturated heterocycles. The van der Waals surface area contributed by atoms with E-state index >= 15 is 0 Å². The van der Waals surface area contributed by atoms with Gasteiger partial charge in [-0.25, -0.2) is 4.48 Å². The van der Waals surface area contributed by atoms with E-state index in [-0.39, 0.29) is 31.0 Å². The molecule has 2 aromatic carbocycles. The van der Waals surface area contributed by atoms with Crippen molar-refractivity contribution < 1.29 is 26.8 Å². The molecular weight excluding hydrogens is 490 g/mol. The standard InChI is InChI=1S/C26H27N2O3P.2ClH/c1-19-16-20(2)26(21(3)17-19)28(25-7-5-4-6-24(25)18-32(29,30)31)14-10-23(11-15-28)22-8-12-27-13-9-22;;/h4-14,16-17H,15,18H2,1-3H3,(H-,29,30,31);2*1H. The number of rotatable bonds is 5. The highest BCUT2D eigenvalue weighted by atomic mass is 35.5. The molecule has 1 aliphatic rings. The Balaban J connectivity index is 0.00000204. The zero-order chi connectivity index (χ0) is 22.9. The number of nitrogens with zero attached hydrogens (tertiary/aromatic N) is 2. The summed E-state index contributed by atoms with van der Waals surface area (Å²) in [7, 11) is -4.24. The lowest BCUT2D eigenvalue weighted by Crippen LogP contribution is -3.00. The first kappa shape index (κ1) is 28.0. The molecule has 1 aliphatic heterocycles. The average molecular weight is 519 g/mol. The van der Waals surface area contributed by atoms with E-state index in [1.54, 1.807) is 12.4 Å². The average Bonchev–Trinajstić information content (AvgIpc) is 2.73. The van der Waals surface area contributed by atoms with Gasteiger partial charge < -0.3 is 22.2 Å². The van der Waals surface area contributed by atoms with Gasteiger partial charge in [0.1, 0.15) is 24.1 Å². The van der Waals surface area contributed by atoms with Crippen molar-refractivity contribution in [3.05, 3.63) is 107 Å². The van der Waals surface area contributed by atoms with Crippen molar-refractivity contribution >= 4 is 37.0 Å². The molecule has 34 heavy (non-hydrogen) atoms. The van der Waals surface area contributed by atoms with Crippen molar-refractivity contribution in [2.45, 2.75) is 26.9 Å². The molecule has 0 aliphatic carbocycles. The van der Waals surface area contributed by atoms with Crippen molar-refractivity contribution in [1.82, 2.24) is 9.47 Å². The SMILES string of the molecule is Cc1cc(C)c([N+]2(c3ccccc3CP(=O)(O)O)C=CC(c3ccncc3)=CC2)c(C)c1.Cl.[Cl-]. The van der Waals surface area contributed by atoms with Crippen LogP contribution in [0.3, 0.4) is 0 Å². The molecule has 5 nitrogen and oxygen atoms in total. The fourth-order valence-electron chi connectivity index (χ4n) is 4.86. The van der Waals surface area contributed by atoms with E-state index in [1.165, 1.54) is 5.56 Å². The van der Waals surface area contributed by atoms with Gasteiger partial charge in [0.25, 0.3) is 0 Å². The highest BCUT2D eigenvalue weighted by Gasteiger charge is 2.38. The maximum absolute atomic E-state index is 11.9. The van der Waals surface area contributed by atoms with Gasteiger partial charge in [-0.1, -0.05) is 35.9 Å². The maximum atomic E-state index is 11.9. The minimum atomic E-state index is -4.24. The van der Waals surface area contributed by atoms with Gasteiger partial charge in [-0.2, -0.15) is 0 Å². The summed E-state index contributed by atoms with van der Waals surface area (Å²) < 4.78 is 12.3. The summed E-state index contributed by atoms with van der Waals surface area (Å²) in [4.78, 5) is 23.6. The first-order valence-corrected chi connectivity index (χ1v) is 12.4. The van der Waals surface area contributed by atoms with Crippen LogP contribution in [0.25, 0.3) is 5.57 Å². The van der Waals surface area contributed by atoms with Gasteiger partial charge >= 0.3 is 7.60 Å². The third-order valence-electron chi connectivity index (χ3n) is 5.95. The van der Waals surface area contributed by atoms with E-state index in [0.29, 0.717) is 16.6 Å². The summed E-state index contributed by atoms with van der Waals surface area (Å²) in [6, 6.07) is 15.9. The quantitative estimate of drug-likeness (QED) is 0.401. The van der Waals surface area contributed by atoms with E-state index in [0.717, 1.165) is 33.6 Å². The molecule has 3 aromatic rings. The van der Waals surface area contributed by atoms with Crippen LogP contribution < -0.4 is 16.9 Å². The van der Waals surface area contributed by atoms with E-state index < -0.39 is 7.60 Å². The molecule has 4 rings (SSSR count). The second-order valence-corrected chi connectivity index (χ2v) is 10.1. The summed E-state index contributed by atoms with van der Waals surface area (Å²) >= 11 is 0. The predicted molar refractivity (Wildman–Crippen MR) is 138 cm³/mol. The first-order valence-electron chi connectivity index (χ1n) is 10.6. The van der Waals surface area contributed by atoms with Gasteiger partial charge in [-0.3, -0.25) is 9.55 Å². The molecule has 0 bridgehead atoms. The fraction of sp³-hybridized carbons (Fsp3) is 0.192. The van der Waals surface area contributed by atoms with E-state index in [2.05, 4.69) is 56.2 Å². The lowest BCUT2D eigenvalue weighted by molar-refractivity contribution is -0.0000122. The number of halogens is 2. The smallest absolute Gasteiger partial charge is 0.330 e. The van der Waals surface area contributed by atoms with Crippen LogP contribution in [0.15, 0.2) is 79.3 Å². The Bertz CT molecular complexity index is 1250. The molecule has 2 N–H and O–H groups in total. The van der Waals surface area contributed by atoms with Crippen LogP contribution in [0.5, 0.6) is 0 Å². The molecule has 1 atom stereocenters. The lowest BCUT2D eigenvalue weighted by Gasteiger charge is -2.38. The topological polar surface area (TPSA) is 70.4 Å². The van der Waals surface area contributed by atoms with Gasteiger partial charge in [0.2, 0.25) is 0 Å². The van der Waals surface area contributed by atoms with Crippen LogP contribution >= 0.6 is 20.0 Å². The molecule has 2 heterocycles. The largest absolute Gasteiger partial charge is 1.00 e. The Labute approximate surface area is 213 Å². The summed E-state index contributed by atoms with van der Waals surface area (Å²) in [5, 5.41) is 0. The second-order valence-electron chi connectivity index (χ2n) is 8.46. The predicted octanol–water partition coefficient (Wildman–Crippen LogP) is 3.36. The maximum Gasteiger partial charge on any atom is 0.330 e. The van der Waals surface area contributed by atoms with Crippen molar-refractivity contribution in [1.29, 1.82) is 0 Å². The minimum absolute atomic E-state index is 0. The van der Waals surface area contributed by atoms with E-state index in [4.69, 9.17) is 0 Å². The number of allylic oxidation sites excluding steroid dienone is 2. The summed E-state index contributed by atoms with van der Waals surface area (Å²) in [6.45, 7) is 6.94. The van der Waals surface area contributed by atoms with Gasteiger partial charge in [0.15, 0.2) is 0 Å². The molecular formula is C26H29Cl2N2O3P. The lowest BCUT2D eigenvalue weighted by atomic mass is 9.96. The highest BCUT2D eigenvalue weighted by Crippen LogP contribution is 2.48. The monoisotopic (exact) mass is 518 g/mol. The van der Waals surface area contributed by atoms with Crippen LogP contribution in [0, 0.1) is 20.8 Å². The van der Waals surface area contributed by atoms with Crippen molar-refractivity contribution in [3.63, 3.8) is 0 Å². The number of para-hydroxylation sites is 1. The van der Waals surface area contributed by atoms with Gasteiger partial charge in [-0.15, -0.1) is 12.4 Å².